The van der Waals surface area contributed by atoms with Crippen molar-refractivity contribution >= 4 is 5.69 Å². The molecule has 0 spiro atoms. The molecule has 22 heavy (non-hydrogen) atoms. The monoisotopic (exact) mass is 299 g/mol. The van der Waals surface area contributed by atoms with E-state index in [-0.39, 0.29) is 0 Å². The highest BCUT2D eigenvalue weighted by molar-refractivity contribution is 5.53. The first-order chi connectivity index (χ1) is 10.6. The number of hydrogen-bond acceptors (Lipinski definition) is 3. The summed E-state index contributed by atoms with van der Waals surface area (Å²) >= 11 is 0. The van der Waals surface area contributed by atoms with Gasteiger partial charge in [-0.15, -0.1) is 0 Å². The molecule has 0 aromatic heterocycles. The molecule has 0 radical (unpaired) electrons. The molecule has 2 aromatic carbocycles. The topological polar surface area (TPSA) is 30.5 Å². The number of ether oxygens (including phenoxy) is 2. The molecule has 0 bridgehead atoms. The van der Waals surface area contributed by atoms with Gasteiger partial charge in [0.05, 0.1) is 13.7 Å². The maximum atomic E-state index is 5.76. The fourth-order valence-electron chi connectivity index (χ4n) is 2.37. The van der Waals surface area contributed by atoms with Crippen LogP contribution in [-0.4, -0.2) is 13.7 Å². The molecule has 0 fully saturated rings. The van der Waals surface area contributed by atoms with Crippen LogP contribution in [0.15, 0.2) is 36.4 Å². The Labute approximate surface area is 133 Å². The maximum Gasteiger partial charge on any atom is 0.161 e. The number of anilines is 1. The molecule has 0 saturated carbocycles. The second kappa shape index (κ2) is 7.74. The average molecular weight is 299 g/mol. The third-order valence-electron chi connectivity index (χ3n) is 3.55. The van der Waals surface area contributed by atoms with E-state index in [1.165, 1.54) is 16.7 Å². The highest BCUT2D eigenvalue weighted by Gasteiger charge is 2.06. The molecule has 1 N–H and O–H groups in total. The average Bonchev–Trinajstić information content (AvgIpc) is 2.52. The molecule has 0 unspecified atom stereocenters. The Hall–Kier alpha value is -2.16. The second-order valence-electron chi connectivity index (χ2n) is 5.51. The van der Waals surface area contributed by atoms with E-state index in [0.717, 1.165) is 30.2 Å². The van der Waals surface area contributed by atoms with E-state index in [1.54, 1.807) is 7.11 Å². The van der Waals surface area contributed by atoms with Gasteiger partial charge in [0.15, 0.2) is 11.5 Å². The Kier molecular flexibility index (Phi) is 5.70. The highest BCUT2D eigenvalue weighted by atomic mass is 16.5. The minimum absolute atomic E-state index is 0.699. The summed E-state index contributed by atoms with van der Waals surface area (Å²) in [6.07, 6.45) is 0.980. The van der Waals surface area contributed by atoms with Crippen LogP contribution in [0, 0.1) is 13.8 Å². The zero-order valence-corrected chi connectivity index (χ0v) is 13.9. The molecule has 0 aliphatic carbocycles. The first-order valence-corrected chi connectivity index (χ1v) is 7.75. The van der Waals surface area contributed by atoms with Crippen LogP contribution in [0.2, 0.25) is 0 Å². The van der Waals surface area contributed by atoms with Crippen molar-refractivity contribution in [2.75, 3.05) is 19.0 Å². The van der Waals surface area contributed by atoms with E-state index in [2.05, 4.69) is 50.4 Å². The Morgan fingerprint density at radius 1 is 1.00 bits per heavy atom. The second-order valence-corrected chi connectivity index (χ2v) is 5.51. The molecule has 3 nitrogen and oxygen atoms in total. The third kappa shape index (κ3) is 4.17. The Morgan fingerprint density at radius 3 is 2.50 bits per heavy atom. The van der Waals surface area contributed by atoms with Gasteiger partial charge in [0.2, 0.25) is 0 Å². The van der Waals surface area contributed by atoms with Gasteiger partial charge >= 0.3 is 0 Å². The van der Waals surface area contributed by atoms with Crippen molar-refractivity contribution in [2.45, 2.75) is 33.7 Å². The lowest BCUT2D eigenvalue weighted by molar-refractivity contribution is 0.294. The van der Waals surface area contributed by atoms with Crippen LogP contribution in [0.3, 0.4) is 0 Å². The number of benzene rings is 2. The van der Waals surface area contributed by atoms with Crippen LogP contribution in [0.4, 0.5) is 5.69 Å². The van der Waals surface area contributed by atoms with Gasteiger partial charge in [0.25, 0.3) is 0 Å². The smallest absolute Gasteiger partial charge is 0.161 e. The normalized spacial score (nSPS) is 10.4. The first kappa shape index (κ1) is 16.2. The van der Waals surface area contributed by atoms with Crippen LogP contribution in [0.1, 0.15) is 30.0 Å². The summed E-state index contributed by atoms with van der Waals surface area (Å²) in [7, 11) is 1.67. The van der Waals surface area contributed by atoms with E-state index in [4.69, 9.17) is 9.47 Å². The minimum atomic E-state index is 0.699. The minimum Gasteiger partial charge on any atom is -0.493 e. The van der Waals surface area contributed by atoms with Crippen molar-refractivity contribution in [2.24, 2.45) is 0 Å². The standard InChI is InChI=1S/C19H25NO2/c1-5-10-22-19-12-16(7-9-18(19)21-4)13-20-17-8-6-14(2)11-15(17)3/h6-9,11-12,20H,5,10,13H2,1-4H3. The SMILES string of the molecule is CCCOc1cc(CNc2ccc(C)cc2C)ccc1OC. The van der Waals surface area contributed by atoms with Crippen LogP contribution < -0.4 is 14.8 Å². The summed E-state index contributed by atoms with van der Waals surface area (Å²) in [6.45, 7) is 7.79. The fourth-order valence-corrected chi connectivity index (χ4v) is 2.37. The molecule has 2 aromatic rings. The first-order valence-electron chi connectivity index (χ1n) is 7.75. The van der Waals surface area contributed by atoms with Gasteiger partial charge in [-0.3, -0.25) is 0 Å². The predicted molar refractivity (Wildman–Crippen MR) is 92.0 cm³/mol. The van der Waals surface area contributed by atoms with Crippen molar-refractivity contribution in [1.29, 1.82) is 0 Å². The van der Waals surface area contributed by atoms with E-state index < -0.39 is 0 Å². The lowest BCUT2D eigenvalue weighted by atomic mass is 10.1. The largest absolute Gasteiger partial charge is 0.493 e. The van der Waals surface area contributed by atoms with Crippen molar-refractivity contribution in [3.05, 3.63) is 53.1 Å². The van der Waals surface area contributed by atoms with Gasteiger partial charge in [0.1, 0.15) is 0 Å². The number of aryl methyl sites for hydroxylation is 2. The molecule has 0 saturated heterocycles. The zero-order chi connectivity index (χ0) is 15.9. The summed E-state index contributed by atoms with van der Waals surface area (Å²) in [5, 5.41) is 3.48. The molecule has 0 atom stereocenters. The summed E-state index contributed by atoms with van der Waals surface area (Å²) < 4.78 is 11.1. The maximum absolute atomic E-state index is 5.76. The van der Waals surface area contributed by atoms with Crippen molar-refractivity contribution < 1.29 is 9.47 Å². The van der Waals surface area contributed by atoms with Gasteiger partial charge in [-0.05, 0) is 49.6 Å². The Bertz CT molecular complexity index is 623. The van der Waals surface area contributed by atoms with Crippen molar-refractivity contribution in [1.82, 2.24) is 0 Å². The van der Waals surface area contributed by atoms with Gasteiger partial charge in [0, 0.05) is 12.2 Å². The van der Waals surface area contributed by atoms with Gasteiger partial charge in [-0.25, -0.2) is 0 Å². The van der Waals surface area contributed by atoms with Crippen LogP contribution >= 0.6 is 0 Å². The summed E-state index contributed by atoms with van der Waals surface area (Å²) in [4.78, 5) is 0. The van der Waals surface area contributed by atoms with E-state index in [1.807, 2.05) is 12.1 Å². The molecule has 0 aliphatic rings. The molecule has 118 valence electrons. The molecule has 0 amide bonds. The lowest BCUT2D eigenvalue weighted by Crippen LogP contribution is -2.03. The summed E-state index contributed by atoms with van der Waals surface area (Å²) in [5.74, 6) is 1.59. The van der Waals surface area contributed by atoms with Crippen LogP contribution in [-0.2, 0) is 6.54 Å². The number of rotatable bonds is 7. The highest BCUT2D eigenvalue weighted by Crippen LogP contribution is 2.28. The molecule has 0 heterocycles. The Balaban J connectivity index is 2.09. The van der Waals surface area contributed by atoms with Crippen LogP contribution in [0.25, 0.3) is 0 Å². The fraction of sp³-hybridized carbons (Fsp3) is 0.368. The molecule has 2 rings (SSSR count). The summed E-state index contributed by atoms with van der Waals surface area (Å²) in [6, 6.07) is 12.5. The summed E-state index contributed by atoms with van der Waals surface area (Å²) in [5.41, 5.74) is 4.88. The van der Waals surface area contributed by atoms with Crippen molar-refractivity contribution in [3.8, 4) is 11.5 Å². The quantitative estimate of drug-likeness (QED) is 0.803. The number of hydrogen-bond donors (Lipinski definition) is 1. The zero-order valence-electron chi connectivity index (χ0n) is 13.9. The van der Waals surface area contributed by atoms with E-state index >= 15 is 0 Å². The molecular weight excluding hydrogens is 274 g/mol. The Morgan fingerprint density at radius 2 is 1.82 bits per heavy atom. The molecular formula is C19H25NO2. The van der Waals surface area contributed by atoms with Gasteiger partial charge in [-0.2, -0.15) is 0 Å². The molecule has 3 heteroatoms. The number of methoxy groups -OCH3 is 1. The van der Waals surface area contributed by atoms with Gasteiger partial charge < -0.3 is 14.8 Å². The van der Waals surface area contributed by atoms with E-state index in [0.29, 0.717) is 6.61 Å². The van der Waals surface area contributed by atoms with Crippen molar-refractivity contribution in [3.63, 3.8) is 0 Å². The predicted octanol–water partition coefficient (Wildman–Crippen LogP) is 4.71. The van der Waals surface area contributed by atoms with Crippen LogP contribution in [0.5, 0.6) is 11.5 Å². The molecule has 0 aliphatic heterocycles. The van der Waals surface area contributed by atoms with Gasteiger partial charge in [-0.1, -0.05) is 30.7 Å². The third-order valence-corrected chi connectivity index (χ3v) is 3.55. The lowest BCUT2D eigenvalue weighted by Gasteiger charge is -2.14. The number of nitrogens with one attached hydrogen (secondary N) is 1. The van der Waals surface area contributed by atoms with E-state index in [9.17, 15) is 0 Å².